The van der Waals surface area contributed by atoms with Gasteiger partial charge in [-0.2, -0.15) is 26.7 Å². The van der Waals surface area contributed by atoms with E-state index in [4.69, 9.17) is 20.9 Å². The third-order valence-corrected chi connectivity index (χ3v) is 16.9. The highest BCUT2D eigenvalue weighted by Gasteiger charge is 2.21. The average molecular weight is 1250 g/mol. The molecule has 11 N–H and O–H groups in total. The van der Waals surface area contributed by atoms with Crippen LogP contribution < -0.4 is 43.4 Å². The van der Waals surface area contributed by atoms with E-state index in [1.165, 1.54) is 145 Å². The summed E-state index contributed by atoms with van der Waals surface area (Å²) in [5, 5.41) is 29.0. The molecule has 0 aliphatic carbocycles. The minimum Gasteiger partial charge on any atom is -0.480 e. The number of imidazole rings is 1. The molecule has 1 aromatic carbocycles. The van der Waals surface area contributed by atoms with E-state index in [1.54, 1.807) is 24.3 Å². The Hall–Kier alpha value is -5.25. The van der Waals surface area contributed by atoms with Crippen LogP contribution in [0.5, 0.6) is 6.01 Å². The summed E-state index contributed by atoms with van der Waals surface area (Å²) in [6.45, 7) is 11.6. The SMILES string of the molecule is CCCCCCCCCCCCCCCC(=O)OC[C@H](CSC[C@H](N)C(=O)NCCCNCCCCNCCCNC(=O)CNC(=O)c1ccc(Cn2c(O)nc3c(N)nc(NCCCC)nc32)cc1)OC(=O)CCCCCCCCCCCCCCC. The Bertz CT molecular complexity index is 2310. The van der Waals surface area contributed by atoms with Crippen LogP contribution in [-0.2, 0) is 35.2 Å². The minimum absolute atomic E-state index is 0.00241. The molecule has 0 unspecified atom stereocenters. The largest absolute Gasteiger partial charge is 0.480 e. The van der Waals surface area contributed by atoms with Crippen LogP contribution in [0.15, 0.2) is 24.3 Å². The minimum atomic E-state index is -0.724. The monoisotopic (exact) mass is 1250 g/mol. The summed E-state index contributed by atoms with van der Waals surface area (Å²) < 4.78 is 13.0. The van der Waals surface area contributed by atoms with Gasteiger partial charge in [0.15, 0.2) is 17.0 Å². The molecular formula is C67H118N12O8S. The number of ether oxygens (including phenoxy) is 2. The van der Waals surface area contributed by atoms with Crippen molar-refractivity contribution in [1.29, 1.82) is 0 Å². The Balaban J connectivity index is 1.21. The fourth-order valence-electron chi connectivity index (χ4n) is 10.2. The Morgan fingerprint density at radius 1 is 0.557 bits per heavy atom. The lowest BCUT2D eigenvalue weighted by Crippen LogP contribution is -2.43. The molecule has 0 fully saturated rings. The Morgan fingerprint density at radius 2 is 1.06 bits per heavy atom. The second-order valence-electron chi connectivity index (χ2n) is 23.7. The first-order valence-corrected chi connectivity index (χ1v) is 35.6. The van der Waals surface area contributed by atoms with E-state index in [2.05, 4.69) is 67.6 Å². The number of carbonyl (C=O) groups is 5. The molecule has 500 valence electrons. The van der Waals surface area contributed by atoms with Gasteiger partial charge < -0.3 is 57.9 Å². The number of benzene rings is 1. The van der Waals surface area contributed by atoms with Gasteiger partial charge in [-0.1, -0.05) is 193 Å². The maximum absolute atomic E-state index is 13.0. The lowest BCUT2D eigenvalue weighted by molar-refractivity contribution is -0.157. The number of unbranched alkanes of at least 4 members (excludes halogenated alkanes) is 26. The van der Waals surface area contributed by atoms with Crippen molar-refractivity contribution in [2.24, 2.45) is 5.73 Å². The second kappa shape index (κ2) is 51.5. The highest BCUT2D eigenvalue weighted by Crippen LogP contribution is 2.26. The zero-order valence-electron chi connectivity index (χ0n) is 54.6. The van der Waals surface area contributed by atoms with Gasteiger partial charge in [-0.05, 0) is 88.8 Å². The van der Waals surface area contributed by atoms with E-state index < -0.39 is 12.1 Å². The molecule has 0 bridgehead atoms. The first-order chi connectivity index (χ1) is 42.9. The lowest BCUT2D eigenvalue weighted by Gasteiger charge is -2.19. The first-order valence-electron chi connectivity index (χ1n) is 34.4. The Kier molecular flexibility index (Phi) is 45.0. The number of anilines is 2. The van der Waals surface area contributed by atoms with E-state index in [0.29, 0.717) is 66.7 Å². The number of hydrogen-bond donors (Lipinski definition) is 9. The van der Waals surface area contributed by atoms with E-state index in [9.17, 15) is 29.1 Å². The van der Waals surface area contributed by atoms with Crippen LogP contribution in [0.25, 0.3) is 11.2 Å². The predicted octanol–water partition coefficient (Wildman–Crippen LogP) is 11.6. The van der Waals surface area contributed by atoms with Gasteiger partial charge in [-0.25, -0.2) is 0 Å². The first kappa shape index (κ1) is 77.0. The number of hydrogen-bond acceptors (Lipinski definition) is 17. The van der Waals surface area contributed by atoms with Crippen molar-refractivity contribution >= 4 is 64.4 Å². The summed E-state index contributed by atoms with van der Waals surface area (Å²) in [5.74, 6) is -0.154. The molecule has 0 spiro atoms. The maximum atomic E-state index is 13.0. The fourth-order valence-corrected chi connectivity index (χ4v) is 11.2. The molecule has 0 saturated carbocycles. The smallest absolute Gasteiger partial charge is 0.306 e. The normalized spacial score (nSPS) is 12.0. The number of amides is 3. The van der Waals surface area contributed by atoms with Gasteiger partial charge in [-0.3, -0.25) is 28.5 Å². The van der Waals surface area contributed by atoms with Crippen molar-refractivity contribution in [2.45, 2.75) is 258 Å². The molecule has 3 aromatic rings. The number of nitrogens with two attached hydrogens (primary N) is 2. The van der Waals surface area contributed by atoms with E-state index in [-0.39, 0.29) is 61.2 Å². The van der Waals surface area contributed by atoms with Crippen LogP contribution in [0.1, 0.15) is 255 Å². The second-order valence-corrected chi connectivity index (χ2v) is 24.8. The molecule has 2 atom stereocenters. The number of nitrogens with one attached hydrogen (secondary N) is 6. The third kappa shape index (κ3) is 37.7. The topological polar surface area (TPSA) is 292 Å². The van der Waals surface area contributed by atoms with Gasteiger partial charge in [0.2, 0.25) is 17.8 Å². The van der Waals surface area contributed by atoms with E-state index >= 15 is 0 Å². The number of esters is 2. The summed E-state index contributed by atoms with van der Waals surface area (Å²) >= 11 is 1.43. The highest BCUT2D eigenvalue weighted by molar-refractivity contribution is 7.99. The zero-order chi connectivity index (χ0) is 63.5. The quantitative estimate of drug-likeness (QED) is 0.0187. The number of nitrogen functional groups attached to an aromatic ring is 1. The predicted molar refractivity (Wildman–Crippen MR) is 360 cm³/mol. The molecule has 3 amide bonds. The van der Waals surface area contributed by atoms with Crippen LogP contribution in [-0.4, -0.2) is 137 Å². The zero-order valence-corrected chi connectivity index (χ0v) is 55.5. The van der Waals surface area contributed by atoms with Crippen LogP contribution in [0.2, 0.25) is 0 Å². The van der Waals surface area contributed by atoms with Crippen molar-refractivity contribution in [1.82, 2.24) is 46.1 Å². The van der Waals surface area contributed by atoms with Gasteiger partial charge >= 0.3 is 11.9 Å². The molecule has 2 heterocycles. The van der Waals surface area contributed by atoms with Gasteiger partial charge in [0.25, 0.3) is 11.9 Å². The molecule has 20 nitrogen and oxygen atoms in total. The fraction of sp³-hybridized carbons (Fsp3) is 0.761. The average Bonchev–Trinajstić information content (AvgIpc) is 3.58. The van der Waals surface area contributed by atoms with Crippen LogP contribution in [0.4, 0.5) is 11.8 Å². The third-order valence-electron chi connectivity index (χ3n) is 15.7. The molecule has 0 aliphatic heterocycles. The number of thioether (sulfide) groups is 1. The summed E-state index contributed by atoms with van der Waals surface area (Å²) in [5.41, 5.74) is 14.3. The highest BCUT2D eigenvalue weighted by atomic mass is 32.2. The van der Waals surface area contributed by atoms with Crippen molar-refractivity contribution in [3.05, 3.63) is 35.4 Å². The van der Waals surface area contributed by atoms with Gasteiger partial charge in [0, 0.05) is 49.5 Å². The van der Waals surface area contributed by atoms with Crippen LogP contribution in [0.3, 0.4) is 0 Å². The number of aromatic hydroxyl groups is 1. The summed E-state index contributed by atoms with van der Waals surface area (Å²) in [4.78, 5) is 76.7. The number of carbonyl (C=O) groups excluding carboxylic acids is 5. The van der Waals surface area contributed by atoms with E-state index in [0.717, 1.165) is 109 Å². The Labute approximate surface area is 533 Å². The standard InChI is InChI=1S/C67H118N12O8S/c1-4-7-10-12-14-16-18-20-22-24-26-28-30-36-59(81)86-51-56(87-60(82)37-31-29-27-25-23-21-19-17-15-13-11-8-5-2)52-88-53-57(68)65(84)73-48-35-45-71-43-33-32-42-70-44-34-47-72-58(80)49-75-64(83)55-40-38-54(39-41-55)50-79-63-61(76-67(79)85)62(69)77-66(78-63)74-46-9-6-3/h38-41,56-57,70-71H,4-37,42-53,68H2,1-3H3,(H,72,80)(H,73,84)(H,75,83)(H,76,85)(H3,69,74,77,78)/t56-,57+/m1/s1. The van der Waals surface area contributed by atoms with Crippen molar-refractivity contribution in [3.63, 3.8) is 0 Å². The molecule has 0 aliphatic rings. The number of aromatic nitrogens is 4. The number of fused-ring (bicyclic) bond motifs is 1. The summed E-state index contributed by atoms with van der Waals surface area (Å²) in [6.07, 6.45) is 37.7. The summed E-state index contributed by atoms with van der Waals surface area (Å²) in [6, 6.07) is 5.89. The molecule has 3 rings (SSSR count). The van der Waals surface area contributed by atoms with Crippen LogP contribution >= 0.6 is 11.8 Å². The Morgan fingerprint density at radius 3 is 1.60 bits per heavy atom. The van der Waals surface area contributed by atoms with Crippen LogP contribution in [0, 0.1) is 0 Å². The molecule has 2 aromatic heterocycles. The molecule has 21 heteroatoms. The molecule has 88 heavy (non-hydrogen) atoms. The van der Waals surface area contributed by atoms with Gasteiger partial charge in [0.1, 0.15) is 12.7 Å². The number of rotatable bonds is 58. The van der Waals surface area contributed by atoms with Gasteiger partial charge in [0.05, 0.1) is 19.1 Å². The van der Waals surface area contributed by atoms with Crippen molar-refractivity contribution in [2.75, 3.05) is 81.5 Å². The van der Waals surface area contributed by atoms with Crippen molar-refractivity contribution in [3.8, 4) is 6.01 Å². The molecular weight excluding hydrogens is 1130 g/mol. The van der Waals surface area contributed by atoms with Crippen molar-refractivity contribution < 1.29 is 38.6 Å². The van der Waals surface area contributed by atoms with Gasteiger partial charge in [-0.15, -0.1) is 0 Å². The summed E-state index contributed by atoms with van der Waals surface area (Å²) in [7, 11) is 0. The lowest BCUT2D eigenvalue weighted by atomic mass is 10.0. The molecule has 0 saturated heterocycles. The van der Waals surface area contributed by atoms with E-state index in [1.807, 2.05) is 0 Å². The molecule has 0 radical (unpaired) electrons. The number of nitrogens with zero attached hydrogens (tertiary/aromatic N) is 4. The maximum Gasteiger partial charge on any atom is 0.306 e.